The minimum absolute atomic E-state index is 0.139. The SMILES string of the molecule is CCCC(O)[CH]=[W]. The van der Waals surface area contributed by atoms with Crippen LogP contribution in [0.25, 0.3) is 0 Å². The van der Waals surface area contributed by atoms with Gasteiger partial charge in [-0.2, -0.15) is 0 Å². The summed E-state index contributed by atoms with van der Waals surface area (Å²) in [4.78, 5) is 0. The zero-order chi connectivity index (χ0) is 5.70. The van der Waals surface area contributed by atoms with Crippen LogP contribution in [0.1, 0.15) is 19.8 Å². The third kappa shape index (κ3) is 4.37. The van der Waals surface area contributed by atoms with Crippen molar-refractivity contribution in [1.82, 2.24) is 0 Å². The van der Waals surface area contributed by atoms with Gasteiger partial charge in [-0.05, 0) is 0 Å². The predicted molar refractivity (Wildman–Crippen MR) is 27.0 cm³/mol. The van der Waals surface area contributed by atoms with Gasteiger partial charge in [0, 0.05) is 0 Å². The van der Waals surface area contributed by atoms with Crippen molar-refractivity contribution in [1.29, 1.82) is 0 Å². The molecule has 7 heavy (non-hydrogen) atoms. The van der Waals surface area contributed by atoms with E-state index in [-0.39, 0.29) is 6.10 Å². The molecule has 0 radical (unpaired) electrons. The molecule has 0 aromatic carbocycles. The molecule has 2 heteroatoms. The molecule has 0 aliphatic rings. The molecule has 1 atom stereocenters. The van der Waals surface area contributed by atoms with E-state index in [1.165, 1.54) is 19.4 Å². The number of aliphatic hydroxyl groups is 1. The van der Waals surface area contributed by atoms with E-state index in [2.05, 4.69) is 6.92 Å². The van der Waals surface area contributed by atoms with E-state index in [0.29, 0.717) is 0 Å². The molecule has 0 aromatic rings. The molecule has 1 nitrogen and oxygen atoms in total. The number of hydrogen-bond donors (Lipinski definition) is 1. The molecule has 0 saturated carbocycles. The van der Waals surface area contributed by atoms with Crippen LogP contribution in [-0.4, -0.2) is 15.6 Å². The van der Waals surface area contributed by atoms with Crippen LogP contribution in [0.3, 0.4) is 0 Å². The molecule has 42 valence electrons. The average Bonchev–Trinajstić information content (AvgIpc) is 1.68. The Morgan fingerprint density at radius 1 is 1.86 bits per heavy atom. The van der Waals surface area contributed by atoms with Crippen LogP contribution in [0, 0.1) is 0 Å². The quantitative estimate of drug-likeness (QED) is 0.791. The van der Waals surface area contributed by atoms with Gasteiger partial charge < -0.3 is 0 Å². The Morgan fingerprint density at radius 3 is 2.57 bits per heavy atom. The van der Waals surface area contributed by atoms with Crippen molar-refractivity contribution in [3.63, 3.8) is 0 Å². The summed E-state index contributed by atoms with van der Waals surface area (Å²) >= 11 is 1.36. The molecule has 0 saturated heterocycles. The standard InChI is InChI=1S/C5H10O.W/c1-3-4-5(2)6;/h2,5-6H,3-4H2,1H3;. The molecular weight excluding hydrogens is 260 g/mol. The van der Waals surface area contributed by atoms with Gasteiger partial charge in [-0.3, -0.25) is 0 Å². The second kappa shape index (κ2) is 4.67. The van der Waals surface area contributed by atoms with Crippen molar-refractivity contribution < 1.29 is 24.5 Å². The second-order valence-corrected chi connectivity index (χ2v) is 2.47. The Morgan fingerprint density at radius 2 is 2.43 bits per heavy atom. The van der Waals surface area contributed by atoms with Crippen LogP contribution in [0.15, 0.2) is 0 Å². The van der Waals surface area contributed by atoms with Crippen LogP contribution in [-0.2, 0) is 19.4 Å². The van der Waals surface area contributed by atoms with Gasteiger partial charge in [-0.1, -0.05) is 0 Å². The molecule has 0 aromatic heterocycles. The van der Waals surface area contributed by atoms with Crippen LogP contribution in [0.2, 0.25) is 0 Å². The molecule has 0 amide bonds. The van der Waals surface area contributed by atoms with Gasteiger partial charge in [-0.25, -0.2) is 0 Å². The van der Waals surface area contributed by atoms with Crippen LogP contribution < -0.4 is 0 Å². The molecule has 1 N–H and O–H groups in total. The molecule has 0 spiro atoms. The van der Waals surface area contributed by atoms with Crippen molar-refractivity contribution >= 4 is 4.40 Å². The third-order valence-corrected chi connectivity index (χ3v) is 1.87. The fourth-order valence-corrected chi connectivity index (χ4v) is 0.853. The average molecular weight is 270 g/mol. The maximum absolute atomic E-state index is 8.82. The molecule has 0 aliphatic heterocycles. The molecule has 0 rings (SSSR count). The summed E-state index contributed by atoms with van der Waals surface area (Å²) in [5.41, 5.74) is 0. The van der Waals surface area contributed by atoms with E-state index in [0.717, 1.165) is 12.8 Å². The Bertz CT molecular complexity index is 54.0. The van der Waals surface area contributed by atoms with E-state index in [4.69, 9.17) is 5.11 Å². The Labute approximate surface area is 55.1 Å². The molecular formula is C5H10OW. The molecule has 0 fully saturated rings. The zero-order valence-electron chi connectivity index (χ0n) is 4.42. The van der Waals surface area contributed by atoms with E-state index in [9.17, 15) is 0 Å². The van der Waals surface area contributed by atoms with Crippen molar-refractivity contribution in [2.24, 2.45) is 0 Å². The van der Waals surface area contributed by atoms with E-state index >= 15 is 0 Å². The summed E-state index contributed by atoms with van der Waals surface area (Å²) < 4.78 is 1.89. The number of hydrogen-bond acceptors (Lipinski definition) is 1. The summed E-state index contributed by atoms with van der Waals surface area (Å²) in [6, 6.07) is 0. The topological polar surface area (TPSA) is 20.2 Å². The minimum atomic E-state index is -0.139. The van der Waals surface area contributed by atoms with Crippen LogP contribution in [0.4, 0.5) is 0 Å². The second-order valence-electron chi connectivity index (χ2n) is 1.49. The van der Waals surface area contributed by atoms with Gasteiger partial charge in [0.1, 0.15) is 0 Å². The summed E-state index contributed by atoms with van der Waals surface area (Å²) in [5.74, 6) is 0. The zero-order valence-corrected chi connectivity index (χ0v) is 7.36. The van der Waals surface area contributed by atoms with Crippen LogP contribution in [0.5, 0.6) is 0 Å². The van der Waals surface area contributed by atoms with Gasteiger partial charge >= 0.3 is 54.7 Å². The van der Waals surface area contributed by atoms with Gasteiger partial charge in [0.25, 0.3) is 0 Å². The fraction of sp³-hybridized carbons (Fsp3) is 0.800. The molecule has 1 unspecified atom stereocenters. The van der Waals surface area contributed by atoms with E-state index in [1.54, 1.807) is 0 Å². The van der Waals surface area contributed by atoms with E-state index in [1.807, 2.05) is 4.40 Å². The van der Waals surface area contributed by atoms with Crippen LogP contribution >= 0.6 is 0 Å². The van der Waals surface area contributed by atoms with Gasteiger partial charge in [-0.15, -0.1) is 0 Å². The summed E-state index contributed by atoms with van der Waals surface area (Å²) in [7, 11) is 0. The summed E-state index contributed by atoms with van der Waals surface area (Å²) in [5, 5.41) is 8.82. The first kappa shape index (κ1) is 7.52. The van der Waals surface area contributed by atoms with E-state index < -0.39 is 0 Å². The maximum atomic E-state index is 8.82. The summed E-state index contributed by atoms with van der Waals surface area (Å²) in [6.07, 6.45) is 1.86. The Kier molecular flexibility index (Phi) is 5.02. The Balaban J connectivity index is 2.98. The summed E-state index contributed by atoms with van der Waals surface area (Å²) in [6.45, 7) is 2.07. The van der Waals surface area contributed by atoms with Crippen molar-refractivity contribution in [2.75, 3.05) is 0 Å². The third-order valence-electron chi connectivity index (χ3n) is 0.742. The Hall–Kier alpha value is 0.518. The van der Waals surface area contributed by atoms with Gasteiger partial charge in [0.05, 0.1) is 0 Å². The number of aliphatic hydroxyl groups excluding tert-OH is 1. The van der Waals surface area contributed by atoms with Crippen molar-refractivity contribution in [3.8, 4) is 0 Å². The first-order chi connectivity index (χ1) is 3.31. The normalized spacial score (nSPS) is 13.4. The van der Waals surface area contributed by atoms with Crippen molar-refractivity contribution in [3.05, 3.63) is 0 Å². The molecule has 0 heterocycles. The van der Waals surface area contributed by atoms with Gasteiger partial charge in [0.15, 0.2) is 0 Å². The fourth-order valence-electron chi connectivity index (χ4n) is 0.364. The molecule has 0 aliphatic carbocycles. The first-order valence-electron chi connectivity index (χ1n) is 2.44. The predicted octanol–water partition coefficient (Wildman–Crippen LogP) is 0.496. The number of rotatable bonds is 3. The first-order valence-corrected chi connectivity index (χ1v) is 4.14. The van der Waals surface area contributed by atoms with Crippen molar-refractivity contribution in [2.45, 2.75) is 25.9 Å². The molecule has 0 bridgehead atoms. The monoisotopic (exact) mass is 270 g/mol. The van der Waals surface area contributed by atoms with Gasteiger partial charge in [0.2, 0.25) is 0 Å².